The normalized spacial score (nSPS) is 27.2. The molecule has 0 radical (unpaired) electrons. The van der Waals surface area contributed by atoms with Crippen LogP contribution >= 0.6 is 0 Å². The molecule has 1 aliphatic carbocycles. The molecule has 0 aromatic carbocycles. The molecule has 0 fully saturated rings. The summed E-state index contributed by atoms with van der Waals surface area (Å²) in [4.78, 5) is 57.4. The van der Waals surface area contributed by atoms with E-state index in [1.54, 1.807) is 50.3 Å². The van der Waals surface area contributed by atoms with Crippen LogP contribution in [0, 0.1) is 11.8 Å². The second-order valence-electron chi connectivity index (χ2n) is 11.5. The molecule has 1 aliphatic heterocycles. The van der Waals surface area contributed by atoms with Crippen LogP contribution in [-0.4, -0.2) is 79.4 Å². The minimum Gasteiger partial charge on any atom is -0.492 e. The molecule has 6 atom stereocenters. The zero-order valence-electron chi connectivity index (χ0n) is 27.2. The van der Waals surface area contributed by atoms with Crippen LogP contribution in [-0.2, 0) is 33.3 Å². The van der Waals surface area contributed by atoms with Crippen molar-refractivity contribution in [1.82, 2.24) is 10.3 Å². The van der Waals surface area contributed by atoms with E-state index >= 15 is 0 Å². The number of nitrogens with one attached hydrogen (secondary N) is 1. The second-order valence-corrected chi connectivity index (χ2v) is 11.5. The monoisotopic (exact) mass is 637 g/mol. The van der Waals surface area contributed by atoms with Crippen LogP contribution in [0.15, 0.2) is 76.9 Å². The van der Waals surface area contributed by atoms with Gasteiger partial charge in [0.15, 0.2) is 11.9 Å². The van der Waals surface area contributed by atoms with E-state index in [2.05, 4.69) is 10.3 Å². The van der Waals surface area contributed by atoms with Gasteiger partial charge in [0.25, 0.3) is 5.91 Å². The third-order valence-corrected chi connectivity index (χ3v) is 8.03. The van der Waals surface area contributed by atoms with E-state index in [0.717, 1.165) is 0 Å². The smallest absolute Gasteiger partial charge is 0.405 e. The summed E-state index contributed by atoms with van der Waals surface area (Å²) in [6.07, 6.45) is 3.82. The fourth-order valence-corrected chi connectivity index (χ4v) is 5.60. The fraction of sp³-hybridized carbons (Fsp3) is 0.441. The van der Waals surface area contributed by atoms with Crippen molar-refractivity contribution in [3.63, 3.8) is 0 Å². The molecule has 12 heteroatoms. The summed E-state index contributed by atoms with van der Waals surface area (Å²) in [6.45, 7) is 6.92. The van der Waals surface area contributed by atoms with Crippen LogP contribution in [0.1, 0.15) is 46.2 Å². The van der Waals surface area contributed by atoms with Gasteiger partial charge < -0.3 is 35.1 Å². The number of Topliss-reactive ketones (excluding diaryl/α,β-unsaturated/α-hetero) is 2. The lowest BCUT2D eigenvalue weighted by Gasteiger charge is -2.30. The van der Waals surface area contributed by atoms with Gasteiger partial charge in [0.05, 0.1) is 30.6 Å². The molecule has 12 nitrogen and oxygen atoms in total. The van der Waals surface area contributed by atoms with Crippen molar-refractivity contribution < 1.29 is 43.2 Å². The number of ether oxygens (including phenoxy) is 4. The summed E-state index contributed by atoms with van der Waals surface area (Å²) >= 11 is 0. The Morgan fingerprint density at radius 3 is 2.37 bits per heavy atom. The molecule has 1 aromatic rings. The van der Waals surface area contributed by atoms with E-state index < -0.39 is 53.9 Å². The number of carbonyl (C=O) groups is 4. The Morgan fingerprint density at radius 1 is 1.07 bits per heavy atom. The molecule has 3 rings (SSSR count). The van der Waals surface area contributed by atoms with E-state index in [0.29, 0.717) is 12.0 Å². The quantitative estimate of drug-likeness (QED) is 0.321. The Kier molecular flexibility index (Phi) is 12.7. The molecule has 2 heterocycles. The highest BCUT2D eigenvalue weighted by Gasteiger charge is 2.39. The summed E-state index contributed by atoms with van der Waals surface area (Å²) in [7, 11) is 4.21. The predicted octanol–water partition coefficient (Wildman–Crippen LogP) is 3.33. The first-order valence-electron chi connectivity index (χ1n) is 14.9. The van der Waals surface area contributed by atoms with Gasteiger partial charge in [-0.05, 0) is 50.3 Å². The van der Waals surface area contributed by atoms with Gasteiger partial charge in [-0.25, -0.2) is 4.79 Å². The average Bonchev–Trinajstić information content (AvgIpc) is 3.02. The maximum absolute atomic E-state index is 14.1. The highest BCUT2D eigenvalue weighted by molar-refractivity contribution is 6.39. The zero-order chi connectivity index (χ0) is 34.1. The minimum absolute atomic E-state index is 0.0899. The van der Waals surface area contributed by atoms with Crippen LogP contribution in [0.3, 0.4) is 0 Å². The van der Waals surface area contributed by atoms with Crippen LogP contribution in [0.2, 0.25) is 0 Å². The highest BCUT2D eigenvalue weighted by Crippen LogP contribution is 2.34. The molecule has 0 saturated heterocycles. The number of rotatable bonds is 5. The van der Waals surface area contributed by atoms with Crippen molar-refractivity contribution in [1.29, 1.82) is 0 Å². The second kappa shape index (κ2) is 16.3. The standard InChI is InChI=1S/C34H43N3O9/c1-18-15-22-29(39)27(26(30(40)32(22)45-7)23-12-8-9-14-36-23)37-33(41)19(2)11-10-13-24(43-5)31(46-34(35)42)21(4)17-20(3)28(38)25(16-18)44-6/h8-14,17-18,20,24-25,28,31,38H,15-16H2,1-7H3,(H2,35,42)(H,37,41)/t18-,20+,24+,25+,28-,31+/m1/s1. The summed E-state index contributed by atoms with van der Waals surface area (Å²) < 4.78 is 22.1. The minimum atomic E-state index is -1.01. The van der Waals surface area contributed by atoms with Gasteiger partial charge in [-0.1, -0.05) is 44.2 Å². The number of aliphatic hydroxyl groups excluding tert-OH is 1. The van der Waals surface area contributed by atoms with Crippen molar-refractivity contribution in [2.45, 2.75) is 65.0 Å². The topological polar surface area (TPSA) is 176 Å². The van der Waals surface area contributed by atoms with Crippen LogP contribution in [0.25, 0.3) is 5.57 Å². The van der Waals surface area contributed by atoms with E-state index in [9.17, 15) is 24.3 Å². The van der Waals surface area contributed by atoms with Crippen molar-refractivity contribution in [2.75, 3.05) is 21.3 Å². The molecule has 2 amide bonds. The number of pyridine rings is 1. The number of hydrogen-bond donors (Lipinski definition) is 3. The summed E-state index contributed by atoms with van der Waals surface area (Å²) in [5, 5.41) is 14.0. The number of nitrogens with two attached hydrogens (primary N) is 1. The number of hydrogen-bond acceptors (Lipinski definition) is 10. The van der Waals surface area contributed by atoms with Crippen LogP contribution < -0.4 is 11.1 Å². The molecule has 248 valence electrons. The van der Waals surface area contributed by atoms with Crippen molar-refractivity contribution in [3.8, 4) is 0 Å². The maximum atomic E-state index is 14.1. The van der Waals surface area contributed by atoms with E-state index in [1.807, 2.05) is 6.92 Å². The Morgan fingerprint density at radius 2 is 1.78 bits per heavy atom. The lowest BCUT2D eigenvalue weighted by atomic mass is 9.83. The van der Waals surface area contributed by atoms with E-state index in [1.165, 1.54) is 40.5 Å². The number of primary amides is 1. The number of fused-ring (bicyclic) bond motifs is 2. The fourth-order valence-electron chi connectivity index (χ4n) is 5.60. The number of nitrogens with zero attached hydrogens (tertiary/aromatic N) is 1. The predicted molar refractivity (Wildman–Crippen MR) is 170 cm³/mol. The van der Waals surface area contributed by atoms with E-state index in [4.69, 9.17) is 24.7 Å². The van der Waals surface area contributed by atoms with Gasteiger partial charge >= 0.3 is 6.09 Å². The Hall–Kier alpha value is -4.39. The molecular formula is C34H43N3O9. The number of aliphatic hydroxyl groups is 1. The third kappa shape index (κ3) is 8.45. The summed E-state index contributed by atoms with van der Waals surface area (Å²) in [5.41, 5.74) is 6.13. The lowest BCUT2D eigenvalue weighted by Crippen LogP contribution is -2.37. The number of carbonyl (C=O) groups excluding carboxylic acids is 4. The third-order valence-electron chi connectivity index (χ3n) is 8.03. The summed E-state index contributed by atoms with van der Waals surface area (Å²) in [5.74, 6) is -2.68. The zero-order valence-corrected chi connectivity index (χ0v) is 27.2. The SMILES string of the molecule is COC1=C2C[C@@H](C)C[C@H](OC)[C@H](O)[C@@H](C)C=C(C)[C@H](OC(N)=O)[C@@H](OC)C=CC=C(C)C(=O)NC(=C(c3ccccn3)C1=O)C2=O. The van der Waals surface area contributed by atoms with Gasteiger partial charge in [-0.2, -0.15) is 0 Å². The molecule has 0 unspecified atom stereocenters. The van der Waals surface area contributed by atoms with Crippen molar-refractivity contribution >= 4 is 29.1 Å². The molecule has 0 saturated carbocycles. The maximum Gasteiger partial charge on any atom is 0.405 e. The van der Waals surface area contributed by atoms with Crippen LogP contribution in [0.5, 0.6) is 0 Å². The molecule has 2 aliphatic rings. The number of ketones is 2. The van der Waals surface area contributed by atoms with Gasteiger partial charge in [0, 0.05) is 37.5 Å². The van der Waals surface area contributed by atoms with Crippen molar-refractivity contribution in [3.05, 3.63) is 82.6 Å². The average molecular weight is 638 g/mol. The molecule has 0 spiro atoms. The first kappa shape index (κ1) is 36.1. The molecule has 4 N–H and O–H groups in total. The van der Waals surface area contributed by atoms with Gasteiger partial charge in [0.2, 0.25) is 11.6 Å². The van der Waals surface area contributed by atoms with Crippen molar-refractivity contribution in [2.24, 2.45) is 17.6 Å². The first-order chi connectivity index (χ1) is 21.8. The van der Waals surface area contributed by atoms with Crippen LogP contribution in [0.4, 0.5) is 4.79 Å². The Balaban J connectivity index is 2.20. The number of amides is 2. The van der Waals surface area contributed by atoms with Gasteiger partial charge in [0.1, 0.15) is 11.8 Å². The van der Waals surface area contributed by atoms with Gasteiger partial charge in [-0.15, -0.1) is 0 Å². The van der Waals surface area contributed by atoms with Gasteiger partial charge in [-0.3, -0.25) is 19.4 Å². The highest BCUT2D eigenvalue weighted by atomic mass is 16.6. The Bertz CT molecular complexity index is 1480. The lowest BCUT2D eigenvalue weighted by molar-refractivity contribution is -0.120. The number of aromatic nitrogens is 1. The largest absolute Gasteiger partial charge is 0.492 e. The molecule has 1 aromatic heterocycles. The molecule has 46 heavy (non-hydrogen) atoms. The molecular weight excluding hydrogens is 594 g/mol. The summed E-state index contributed by atoms with van der Waals surface area (Å²) in [6, 6.07) is 4.90. The first-order valence-corrected chi connectivity index (χ1v) is 14.9. The number of allylic oxidation sites excluding steroid dienone is 4. The number of methoxy groups -OCH3 is 3. The molecule has 2 bridgehead atoms. The Labute approximate surface area is 269 Å². The van der Waals surface area contributed by atoms with E-state index in [-0.39, 0.29) is 46.2 Å².